The van der Waals surface area contributed by atoms with Gasteiger partial charge < -0.3 is 19.9 Å². The van der Waals surface area contributed by atoms with Crippen molar-refractivity contribution in [3.8, 4) is 5.75 Å². The van der Waals surface area contributed by atoms with E-state index in [-0.39, 0.29) is 38.8 Å². The summed E-state index contributed by atoms with van der Waals surface area (Å²) in [7, 11) is 0. The number of nitro benzene ring substituents is 1. The molecule has 0 atom stereocenters. The molecule has 2 fully saturated rings. The highest BCUT2D eigenvalue weighted by Crippen LogP contribution is 2.37. The van der Waals surface area contributed by atoms with E-state index >= 15 is 0 Å². The fraction of sp³-hybridized carbons (Fsp3) is 0.429. The highest BCUT2D eigenvalue weighted by atomic mass is 35.5. The molecule has 3 aromatic rings. The van der Waals surface area contributed by atoms with Crippen LogP contribution < -0.4 is 20.8 Å². The lowest BCUT2D eigenvalue weighted by molar-refractivity contribution is -0.384. The first kappa shape index (κ1) is 28.3. The number of aromatic nitrogens is 1. The summed E-state index contributed by atoms with van der Waals surface area (Å²) in [5.74, 6) is -0.292. The zero-order valence-electron chi connectivity index (χ0n) is 21.6. The van der Waals surface area contributed by atoms with Gasteiger partial charge in [-0.05, 0) is 75.3 Å². The highest BCUT2D eigenvalue weighted by molar-refractivity contribution is 6.32. The molecule has 0 unspecified atom stereocenters. The minimum absolute atomic E-state index is 0.0240. The van der Waals surface area contributed by atoms with Crippen molar-refractivity contribution < 1.29 is 18.8 Å². The molecule has 212 valence electrons. The maximum absolute atomic E-state index is 14.2. The number of benzene rings is 2. The summed E-state index contributed by atoms with van der Waals surface area (Å²) in [5.41, 5.74) is -0.114. The van der Waals surface area contributed by atoms with Crippen molar-refractivity contribution in [3.05, 3.63) is 78.3 Å². The first-order chi connectivity index (χ1) is 19.2. The number of pyridine rings is 1. The Kier molecular flexibility index (Phi) is 8.58. The molecule has 2 aliphatic carbocycles. The molecule has 0 radical (unpaired) electrons. The molecule has 1 heterocycles. The molecule has 5 rings (SSSR count). The molecule has 2 aliphatic rings. The normalized spacial score (nSPS) is 19.0. The number of carbonyl (C=O) groups is 1. The van der Waals surface area contributed by atoms with Gasteiger partial charge in [0.1, 0.15) is 28.8 Å². The van der Waals surface area contributed by atoms with Crippen molar-refractivity contribution in [2.24, 2.45) is 5.92 Å². The number of ether oxygens (including phenoxy) is 1. The zero-order chi connectivity index (χ0) is 28.4. The van der Waals surface area contributed by atoms with Crippen molar-refractivity contribution >= 4 is 45.7 Å². The number of nitro groups is 1. The lowest BCUT2D eigenvalue weighted by atomic mass is 9.86. The number of hydrogen-bond donors (Lipinski definition) is 2. The van der Waals surface area contributed by atoms with Gasteiger partial charge in [0.25, 0.3) is 11.6 Å². The molecule has 12 heteroatoms. The molecule has 0 spiro atoms. The van der Waals surface area contributed by atoms with E-state index < -0.39 is 22.1 Å². The van der Waals surface area contributed by atoms with Gasteiger partial charge in [-0.1, -0.05) is 23.2 Å². The van der Waals surface area contributed by atoms with E-state index in [1.54, 1.807) is 12.3 Å². The maximum atomic E-state index is 14.2. The molecule has 0 bridgehead atoms. The van der Waals surface area contributed by atoms with E-state index in [4.69, 9.17) is 27.9 Å². The Bertz CT molecular complexity index is 1500. The third-order valence-corrected chi connectivity index (χ3v) is 8.15. The van der Waals surface area contributed by atoms with E-state index in [1.807, 2.05) is 4.57 Å². The van der Waals surface area contributed by atoms with Gasteiger partial charge in [0.05, 0.1) is 21.5 Å². The third kappa shape index (κ3) is 6.40. The van der Waals surface area contributed by atoms with Crippen LogP contribution in [-0.4, -0.2) is 41.1 Å². The van der Waals surface area contributed by atoms with Crippen LogP contribution in [0.2, 0.25) is 10.0 Å². The predicted octanol–water partition coefficient (Wildman–Crippen LogP) is 5.65. The van der Waals surface area contributed by atoms with E-state index in [0.717, 1.165) is 51.1 Å². The number of amides is 1. The first-order valence-electron chi connectivity index (χ1n) is 13.3. The Balaban J connectivity index is 1.10. The molecule has 0 saturated heterocycles. The van der Waals surface area contributed by atoms with Gasteiger partial charge in [-0.3, -0.25) is 19.7 Å². The average molecular weight is 591 g/mol. The molecule has 2 N–H and O–H groups in total. The van der Waals surface area contributed by atoms with E-state index in [2.05, 4.69) is 10.6 Å². The maximum Gasteiger partial charge on any atom is 0.291 e. The molecular formula is C28H29Cl2FN4O5. The van der Waals surface area contributed by atoms with Crippen molar-refractivity contribution in [2.45, 2.75) is 50.6 Å². The van der Waals surface area contributed by atoms with E-state index in [1.165, 1.54) is 18.2 Å². The zero-order valence-corrected chi connectivity index (χ0v) is 23.1. The van der Waals surface area contributed by atoms with Crippen molar-refractivity contribution in [1.82, 2.24) is 15.2 Å². The molecule has 1 aromatic heterocycles. The molecule has 1 amide bonds. The number of rotatable bonds is 10. The summed E-state index contributed by atoms with van der Waals surface area (Å²) in [6.07, 6.45) is 6.86. The Morgan fingerprint density at radius 1 is 1.10 bits per heavy atom. The van der Waals surface area contributed by atoms with Gasteiger partial charge in [0.2, 0.25) is 5.43 Å². The van der Waals surface area contributed by atoms with Gasteiger partial charge in [0.15, 0.2) is 0 Å². The fourth-order valence-corrected chi connectivity index (χ4v) is 5.55. The summed E-state index contributed by atoms with van der Waals surface area (Å²) in [6, 6.07) is 7.06. The first-order valence-corrected chi connectivity index (χ1v) is 14.1. The van der Waals surface area contributed by atoms with Gasteiger partial charge in [-0.2, -0.15) is 0 Å². The van der Waals surface area contributed by atoms with Crippen LogP contribution in [0.4, 0.5) is 10.1 Å². The van der Waals surface area contributed by atoms with Crippen LogP contribution in [0.3, 0.4) is 0 Å². The second-order valence-electron chi connectivity index (χ2n) is 10.4. The average Bonchev–Trinajstić information content (AvgIpc) is 3.77. The Hall–Kier alpha value is -3.21. The Morgan fingerprint density at radius 3 is 2.55 bits per heavy atom. The Morgan fingerprint density at radius 2 is 1.85 bits per heavy atom. The lowest BCUT2D eigenvalue weighted by Crippen LogP contribution is -2.41. The molecule has 2 aromatic carbocycles. The fourth-order valence-electron chi connectivity index (χ4n) is 5.20. The number of carbonyl (C=O) groups excluding carboxylic acids is 1. The second-order valence-corrected chi connectivity index (χ2v) is 11.2. The Labute approximate surface area is 239 Å². The monoisotopic (exact) mass is 590 g/mol. The van der Waals surface area contributed by atoms with E-state index in [9.17, 15) is 24.1 Å². The van der Waals surface area contributed by atoms with Gasteiger partial charge >= 0.3 is 0 Å². The second kappa shape index (κ2) is 12.1. The summed E-state index contributed by atoms with van der Waals surface area (Å²) in [4.78, 5) is 36.7. The number of fused-ring (bicyclic) bond motifs is 1. The molecular weight excluding hydrogens is 562 g/mol. The molecule has 2 saturated carbocycles. The largest absolute Gasteiger partial charge is 0.492 e. The smallest absolute Gasteiger partial charge is 0.291 e. The van der Waals surface area contributed by atoms with Crippen LogP contribution in [0.15, 0.2) is 41.3 Å². The number of halogens is 3. The van der Waals surface area contributed by atoms with E-state index in [0.29, 0.717) is 30.3 Å². The van der Waals surface area contributed by atoms with Crippen LogP contribution in [0, 0.1) is 21.8 Å². The SMILES string of the molecule is O=C(NC1CCC(CNCCOc2ccc(Cl)c([N+](=O)[O-])c2)CC1)c1cn(C2CC2)c2cc(Cl)c(F)cc2c1=O. The van der Waals surface area contributed by atoms with Gasteiger partial charge in [-0.15, -0.1) is 0 Å². The van der Waals surface area contributed by atoms with Gasteiger partial charge in [-0.25, -0.2) is 4.39 Å². The predicted molar refractivity (Wildman–Crippen MR) is 151 cm³/mol. The summed E-state index contributed by atoms with van der Waals surface area (Å²) in [5, 5.41) is 17.5. The van der Waals surface area contributed by atoms with Gasteiger partial charge in [0, 0.05) is 30.2 Å². The van der Waals surface area contributed by atoms with Crippen molar-refractivity contribution in [2.75, 3.05) is 19.7 Å². The van der Waals surface area contributed by atoms with Crippen LogP contribution in [-0.2, 0) is 0 Å². The topological polar surface area (TPSA) is 116 Å². The number of hydrogen-bond acceptors (Lipinski definition) is 6. The van der Waals surface area contributed by atoms with Crippen LogP contribution in [0.1, 0.15) is 54.9 Å². The lowest BCUT2D eigenvalue weighted by Gasteiger charge is -2.29. The third-order valence-electron chi connectivity index (χ3n) is 7.54. The summed E-state index contributed by atoms with van der Waals surface area (Å²) >= 11 is 11.8. The standard InChI is InChI=1S/C28H29Cl2FN4O5/c29-22-8-7-19(11-26(22)35(38)39)40-10-9-32-14-16-1-3-17(4-2-16)33-28(37)21-15-34(18-5-6-18)25-13-23(30)24(31)12-20(25)27(21)36/h7-8,11-13,15-18,32H,1-6,9-10,14H2,(H,33,37). The molecule has 0 aliphatic heterocycles. The summed E-state index contributed by atoms with van der Waals surface area (Å²) < 4.78 is 21.6. The van der Waals surface area contributed by atoms with Crippen molar-refractivity contribution in [1.29, 1.82) is 0 Å². The van der Waals surface area contributed by atoms with Crippen LogP contribution in [0.25, 0.3) is 10.9 Å². The minimum Gasteiger partial charge on any atom is -0.492 e. The quantitative estimate of drug-likeness (QED) is 0.179. The minimum atomic E-state index is -0.682. The molecule has 9 nitrogen and oxygen atoms in total. The van der Waals surface area contributed by atoms with Crippen molar-refractivity contribution in [3.63, 3.8) is 0 Å². The summed E-state index contributed by atoms with van der Waals surface area (Å²) in [6.45, 7) is 1.72. The molecule has 40 heavy (non-hydrogen) atoms. The number of nitrogens with zero attached hydrogens (tertiary/aromatic N) is 2. The van der Waals surface area contributed by atoms with Crippen LogP contribution in [0.5, 0.6) is 5.75 Å². The number of nitrogens with one attached hydrogen (secondary N) is 2. The highest BCUT2D eigenvalue weighted by Gasteiger charge is 2.29. The van der Waals surface area contributed by atoms with Crippen LogP contribution >= 0.6 is 23.2 Å².